The molecule has 1 aliphatic rings. The minimum absolute atomic E-state index is 0.148. The lowest BCUT2D eigenvalue weighted by Gasteiger charge is -2.21. The van der Waals surface area contributed by atoms with E-state index in [0.29, 0.717) is 20.9 Å². The van der Waals surface area contributed by atoms with Gasteiger partial charge in [0.05, 0.1) is 15.3 Å². The van der Waals surface area contributed by atoms with Crippen LogP contribution in [0.25, 0.3) is 0 Å². The number of nitrogens with one attached hydrogen (secondary N) is 1. The van der Waals surface area contributed by atoms with E-state index in [0.717, 1.165) is 4.47 Å². The number of benzene rings is 2. The van der Waals surface area contributed by atoms with E-state index in [4.69, 9.17) is 11.6 Å². The maximum Gasteiger partial charge on any atom is 0.255 e. The summed E-state index contributed by atoms with van der Waals surface area (Å²) in [5.41, 5.74) is 2.53. The van der Waals surface area contributed by atoms with E-state index in [-0.39, 0.29) is 5.91 Å². The highest BCUT2D eigenvalue weighted by Crippen LogP contribution is 2.43. The van der Waals surface area contributed by atoms with Crippen LogP contribution in [0.1, 0.15) is 26.9 Å². The van der Waals surface area contributed by atoms with Crippen molar-refractivity contribution in [2.75, 3.05) is 16.8 Å². The molecule has 0 atom stereocenters. The Bertz CT molecular complexity index is 702. The van der Waals surface area contributed by atoms with Crippen LogP contribution in [0.3, 0.4) is 0 Å². The van der Waals surface area contributed by atoms with Gasteiger partial charge in [0.25, 0.3) is 5.91 Å². The monoisotopic (exact) mass is 427 g/mol. The summed E-state index contributed by atoms with van der Waals surface area (Å²) in [6.45, 7) is 0. The third kappa shape index (κ3) is 4.47. The second-order valence-electron chi connectivity index (χ2n) is 5.13. The number of rotatable bonds is 3. The lowest BCUT2D eigenvalue weighted by molar-refractivity contribution is 0.102. The molecule has 1 amide bonds. The fourth-order valence-corrected chi connectivity index (χ4v) is 5.87. The van der Waals surface area contributed by atoms with Gasteiger partial charge in [0.2, 0.25) is 0 Å². The molecule has 2 aromatic rings. The average Bonchev–Trinajstić information content (AvgIpc) is 2.58. The Morgan fingerprint density at radius 2 is 1.83 bits per heavy atom. The number of anilines is 1. The first-order valence-corrected chi connectivity index (χ1v) is 10.5. The Hall–Kier alpha value is -0.620. The Morgan fingerprint density at radius 1 is 1.13 bits per heavy atom. The molecule has 0 bridgehead atoms. The highest BCUT2D eigenvalue weighted by Gasteiger charge is 2.17. The summed E-state index contributed by atoms with van der Waals surface area (Å²) < 4.78 is 1.37. The third-order valence-corrected chi connectivity index (χ3v) is 7.27. The van der Waals surface area contributed by atoms with Crippen molar-refractivity contribution in [3.8, 4) is 0 Å². The SMILES string of the molecule is O=C(Nc1ccc(Br)cc1Cl)c1ccc(C2SCCCS2)cc1. The van der Waals surface area contributed by atoms with Gasteiger partial charge in [0, 0.05) is 10.0 Å². The van der Waals surface area contributed by atoms with Gasteiger partial charge in [-0.15, -0.1) is 23.5 Å². The molecule has 0 spiro atoms. The van der Waals surface area contributed by atoms with E-state index >= 15 is 0 Å². The van der Waals surface area contributed by atoms with Crippen molar-refractivity contribution in [2.45, 2.75) is 11.0 Å². The molecule has 23 heavy (non-hydrogen) atoms. The Labute approximate surface area is 157 Å². The minimum atomic E-state index is -0.148. The maximum atomic E-state index is 12.3. The zero-order chi connectivity index (χ0) is 16.2. The quantitative estimate of drug-likeness (QED) is 0.629. The van der Waals surface area contributed by atoms with Crippen molar-refractivity contribution < 1.29 is 4.79 Å². The van der Waals surface area contributed by atoms with Gasteiger partial charge in [-0.1, -0.05) is 39.7 Å². The summed E-state index contributed by atoms with van der Waals surface area (Å²) in [5, 5.41) is 3.36. The lowest BCUT2D eigenvalue weighted by atomic mass is 10.1. The average molecular weight is 429 g/mol. The Kier molecular flexibility index (Phi) is 5.96. The van der Waals surface area contributed by atoms with Gasteiger partial charge < -0.3 is 5.32 Å². The minimum Gasteiger partial charge on any atom is -0.321 e. The van der Waals surface area contributed by atoms with Gasteiger partial charge in [-0.25, -0.2) is 0 Å². The molecule has 1 N–H and O–H groups in total. The first-order chi connectivity index (χ1) is 11.1. The van der Waals surface area contributed by atoms with Crippen molar-refractivity contribution in [3.63, 3.8) is 0 Å². The molecule has 3 rings (SSSR count). The summed E-state index contributed by atoms with van der Waals surface area (Å²) in [6, 6.07) is 13.3. The highest BCUT2D eigenvalue weighted by atomic mass is 79.9. The van der Waals surface area contributed by atoms with E-state index in [1.54, 1.807) is 12.1 Å². The molecule has 0 unspecified atom stereocenters. The second-order valence-corrected chi connectivity index (χ2v) is 9.17. The zero-order valence-electron chi connectivity index (χ0n) is 12.2. The normalized spacial score (nSPS) is 15.4. The predicted molar refractivity (Wildman–Crippen MR) is 106 cm³/mol. The number of hydrogen-bond donors (Lipinski definition) is 1. The standard InChI is InChI=1S/C17H15BrClNOS2/c18-13-6-7-15(14(19)10-13)20-16(21)11-2-4-12(5-3-11)17-22-8-1-9-23-17/h2-7,10,17H,1,8-9H2,(H,20,21). The van der Waals surface area contributed by atoms with Crippen molar-refractivity contribution in [1.82, 2.24) is 0 Å². The molecular formula is C17H15BrClNOS2. The summed E-state index contributed by atoms with van der Waals surface area (Å²) in [5.74, 6) is 2.27. The molecule has 0 aromatic heterocycles. The van der Waals surface area contributed by atoms with Crippen LogP contribution in [-0.4, -0.2) is 17.4 Å². The molecule has 1 saturated heterocycles. The van der Waals surface area contributed by atoms with Crippen LogP contribution in [-0.2, 0) is 0 Å². The van der Waals surface area contributed by atoms with Gasteiger partial charge in [-0.3, -0.25) is 4.79 Å². The molecule has 120 valence electrons. The highest BCUT2D eigenvalue weighted by molar-refractivity contribution is 9.10. The molecule has 6 heteroatoms. The van der Waals surface area contributed by atoms with Crippen LogP contribution in [0, 0.1) is 0 Å². The van der Waals surface area contributed by atoms with E-state index in [2.05, 4.69) is 21.2 Å². The molecular weight excluding hydrogens is 414 g/mol. The van der Waals surface area contributed by atoms with E-state index in [9.17, 15) is 4.79 Å². The molecule has 2 aromatic carbocycles. The molecule has 2 nitrogen and oxygen atoms in total. The van der Waals surface area contributed by atoms with Crippen LogP contribution < -0.4 is 5.32 Å². The van der Waals surface area contributed by atoms with Gasteiger partial charge in [-0.05, 0) is 53.8 Å². The summed E-state index contributed by atoms with van der Waals surface area (Å²) >= 11 is 13.4. The van der Waals surface area contributed by atoms with Crippen LogP contribution in [0.4, 0.5) is 5.69 Å². The summed E-state index contributed by atoms with van der Waals surface area (Å²) in [6.07, 6.45) is 1.28. The second kappa shape index (κ2) is 7.97. The van der Waals surface area contributed by atoms with E-state index in [1.165, 1.54) is 23.5 Å². The Morgan fingerprint density at radius 3 is 2.48 bits per heavy atom. The van der Waals surface area contributed by atoms with Gasteiger partial charge >= 0.3 is 0 Å². The van der Waals surface area contributed by atoms with Gasteiger partial charge in [-0.2, -0.15) is 0 Å². The first kappa shape index (κ1) is 17.2. The van der Waals surface area contributed by atoms with Crippen LogP contribution in [0.15, 0.2) is 46.9 Å². The third-order valence-electron chi connectivity index (χ3n) is 3.45. The largest absolute Gasteiger partial charge is 0.321 e. The number of hydrogen-bond acceptors (Lipinski definition) is 3. The fourth-order valence-electron chi connectivity index (χ4n) is 2.26. The molecule has 1 heterocycles. The van der Waals surface area contributed by atoms with Crippen molar-refractivity contribution >= 4 is 62.6 Å². The molecule has 1 fully saturated rings. The number of carbonyl (C=O) groups is 1. The molecule has 0 saturated carbocycles. The van der Waals surface area contributed by atoms with Crippen molar-refractivity contribution in [1.29, 1.82) is 0 Å². The van der Waals surface area contributed by atoms with E-state index in [1.807, 2.05) is 53.9 Å². The maximum absolute atomic E-state index is 12.3. The number of amides is 1. The van der Waals surface area contributed by atoms with Gasteiger partial charge in [0.1, 0.15) is 0 Å². The number of carbonyl (C=O) groups excluding carboxylic acids is 1. The fraction of sp³-hybridized carbons (Fsp3) is 0.235. The van der Waals surface area contributed by atoms with Crippen molar-refractivity contribution in [2.24, 2.45) is 0 Å². The summed E-state index contributed by atoms with van der Waals surface area (Å²) in [4.78, 5) is 12.3. The number of thioether (sulfide) groups is 2. The molecule has 0 radical (unpaired) electrons. The molecule has 1 aliphatic heterocycles. The van der Waals surface area contributed by atoms with Crippen LogP contribution in [0.2, 0.25) is 5.02 Å². The first-order valence-electron chi connectivity index (χ1n) is 7.23. The lowest BCUT2D eigenvalue weighted by Crippen LogP contribution is -2.12. The number of halogens is 2. The van der Waals surface area contributed by atoms with Crippen LogP contribution >= 0.6 is 51.1 Å². The van der Waals surface area contributed by atoms with Gasteiger partial charge in [0.15, 0.2) is 0 Å². The predicted octanol–water partition coefficient (Wildman–Crippen LogP) is 6.22. The molecule has 0 aliphatic carbocycles. The topological polar surface area (TPSA) is 29.1 Å². The smallest absolute Gasteiger partial charge is 0.255 e. The summed E-state index contributed by atoms with van der Waals surface area (Å²) in [7, 11) is 0. The zero-order valence-corrected chi connectivity index (χ0v) is 16.2. The van der Waals surface area contributed by atoms with E-state index < -0.39 is 0 Å². The van der Waals surface area contributed by atoms with Crippen molar-refractivity contribution in [3.05, 3.63) is 63.1 Å². The van der Waals surface area contributed by atoms with Crippen LogP contribution in [0.5, 0.6) is 0 Å². The Balaban J connectivity index is 1.69.